The third-order valence-electron chi connectivity index (χ3n) is 6.72. The second-order valence-electron chi connectivity index (χ2n) is 8.52. The molecule has 1 amide bonds. The fourth-order valence-electron chi connectivity index (χ4n) is 5.09. The average Bonchev–Trinajstić information content (AvgIpc) is 3.58. The van der Waals surface area contributed by atoms with Crippen LogP contribution in [0.1, 0.15) is 27.9 Å². The third kappa shape index (κ3) is 3.14. The zero-order chi connectivity index (χ0) is 24.1. The Bertz CT molecular complexity index is 1560. The van der Waals surface area contributed by atoms with Gasteiger partial charge in [0, 0.05) is 29.2 Å². The van der Waals surface area contributed by atoms with E-state index in [9.17, 15) is 4.79 Å². The summed E-state index contributed by atoms with van der Waals surface area (Å²) in [5.41, 5.74) is 4.27. The minimum atomic E-state index is -0.416. The second-order valence-corrected chi connectivity index (χ2v) is 8.52. The Hall–Kier alpha value is -4.45. The third-order valence-corrected chi connectivity index (χ3v) is 6.72. The number of carbonyl (C=O) groups is 1. The van der Waals surface area contributed by atoms with Gasteiger partial charge < -0.3 is 18.5 Å². The molecule has 0 spiro atoms. The van der Waals surface area contributed by atoms with Crippen LogP contribution in [0.15, 0.2) is 89.3 Å². The lowest BCUT2D eigenvalue weighted by molar-refractivity contribution is 0.0985. The van der Waals surface area contributed by atoms with Gasteiger partial charge >= 0.3 is 0 Å². The van der Waals surface area contributed by atoms with Gasteiger partial charge in [-0.3, -0.25) is 9.69 Å². The molecule has 1 aliphatic heterocycles. The molecule has 1 atom stereocenters. The summed E-state index contributed by atoms with van der Waals surface area (Å²) < 4.78 is 19.3. The summed E-state index contributed by atoms with van der Waals surface area (Å²) in [4.78, 5) is 15.7. The molecule has 6 rings (SSSR count). The Morgan fingerprint density at radius 3 is 2.34 bits per heavy atom. The zero-order valence-corrected chi connectivity index (χ0v) is 19.7. The van der Waals surface area contributed by atoms with Gasteiger partial charge in [0.15, 0.2) is 0 Å². The highest BCUT2D eigenvalue weighted by Gasteiger charge is 2.44. The lowest BCUT2D eigenvalue weighted by Gasteiger charge is -2.25. The van der Waals surface area contributed by atoms with Crippen LogP contribution in [0.2, 0.25) is 0 Å². The van der Waals surface area contributed by atoms with Crippen molar-refractivity contribution in [2.75, 3.05) is 19.1 Å². The van der Waals surface area contributed by atoms with E-state index in [0.717, 1.165) is 39.2 Å². The molecule has 0 saturated carbocycles. The molecular weight excluding hydrogens is 440 g/mol. The van der Waals surface area contributed by atoms with Gasteiger partial charge in [-0.1, -0.05) is 30.3 Å². The predicted molar refractivity (Wildman–Crippen MR) is 135 cm³/mol. The molecule has 0 saturated heterocycles. The summed E-state index contributed by atoms with van der Waals surface area (Å²) in [5, 5.41) is 1.04. The Kier molecular flexibility index (Phi) is 4.88. The maximum absolute atomic E-state index is 13.9. The molecule has 0 unspecified atom stereocenters. The van der Waals surface area contributed by atoms with Crippen molar-refractivity contribution in [1.82, 2.24) is 4.57 Å². The maximum Gasteiger partial charge on any atom is 0.276 e. The number of para-hydroxylation sites is 2. The van der Waals surface area contributed by atoms with E-state index in [0.29, 0.717) is 17.2 Å². The smallest absolute Gasteiger partial charge is 0.276 e. The van der Waals surface area contributed by atoms with E-state index in [1.54, 1.807) is 19.1 Å². The number of furan rings is 1. The lowest BCUT2D eigenvalue weighted by Crippen LogP contribution is -2.29. The van der Waals surface area contributed by atoms with Gasteiger partial charge in [-0.25, -0.2) is 0 Å². The largest absolute Gasteiger partial charge is 0.497 e. The fourth-order valence-corrected chi connectivity index (χ4v) is 5.09. The van der Waals surface area contributed by atoms with Crippen molar-refractivity contribution >= 4 is 22.5 Å². The molecule has 0 aliphatic carbocycles. The van der Waals surface area contributed by atoms with Gasteiger partial charge in [-0.05, 0) is 54.6 Å². The van der Waals surface area contributed by atoms with Crippen LogP contribution in [0, 0.1) is 0 Å². The van der Waals surface area contributed by atoms with Gasteiger partial charge in [0.25, 0.3) is 5.91 Å². The first-order valence-corrected chi connectivity index (χ1v) is 11.4. The number of ether oxygens (including phenoxy) is 2. The fraction of sp³-hybridized carbons (Fsp3) is 0.138. The normalized spacial score (nSPS) is 15.0. The first kappa shape index (κ1) is 21.1. The number of hydrogen-bond donors (Lipinski definition) is 0. The molecular formula is C29H24N2O4. The molecule has 0 bridgehead atoms. The molecule has 35 heavy (non-hydrogen) atoms. The summed E-state index contributed by atoms with van der Waals surface area (Å²) in [6, 6.07) is 26.9. The molecule has 6 heteroatoms. The van der Waals surface area contributed by atoms with Crippen LogP contribution in [0.5, 0.6) is 11.5 Å². The number of nitrogens with zero attached hydrogens (tertiary/aromatic N) is 2. The summed E-state index contributed by atoms with van der Waals surface area (Å²) >= 11 is 0. The highest BCUT2D eigenvalue weighted by molar-refractivity contribution is 6.15. The molecule has 0 radical (unpaired) electrons. The average molecular weight is 465 g/mol. The van der Waals surface area contributed by atoms with E-state index in [-0.39, 0.29) is 5.91 Å². The SMILES string of the molecule is COc1ccc(N2C(=O)c3c(c4ccccc4n3C)[C@@H]2c2ccc(-c3ccccc3OC)o2)cc1. The molecule has 6 nitrogen and oxygen atoms in total. The van der Waals surface area contributed by atoms with Gasteiger partial charge in [0.05, 0.1) is 19.8 Å². The quantitative estimate of drug-likeness (QED) is 0.311. The Morgan fingerprint density at radius 1 is 0.829 bits per heavy atom. The molecule has 5 aromatic rings. The van der Waals surface area contributed by atoms with Crippen LogP contribution in [-0.2, 0) is 7.05 Å². The summed E-state index contributed by atoms with van der Waals surface area (Å²) in [6.45, 7) is 0. The van der Waals surface area contributed by atoms with Crippen molar-refractivity contribution in [2.24, 2.45) is 7.05 Å². The van der Waals surface area contributed by atoms with Crippen molar-refractivity contribution in [2.45, 2.75) is 6.04 Å². The second kappa shape index (κ2) is 8.09. The number of hydrogen-bond acceptors (Lipinski definition) is 4. The van der Waals surface area contributed by atoms with Crippen LogP contribution in [-0.4, -0.2) is 24.7 Å². The number of benzene rings is 3. The van der Waals surface area contributed by atoms with Crippen LogP contribution in [0.4, 0.5) is 5.69 Å². The molecule has 1 aliphatic rings. The minimum absolute atomic E-state index is 0.0656. The molecule has 2 aromatic heterocycles. The Morgan fingerprint density at radius 2 is 1.57 bits per heavy atom. The lowest BCUT2D eigenvalue weighted by atomic mass is 10.0. The minimum Gasteiger partial charge on any atom is -0.497 e. The summed E-state index contributed by atoms with van der Waals surface area (Å²) in [5.74, 6) is 2.77. The molecule has 3 heterocycles. The number of anilines is 1. The first-order chi connectivity index (χ1) is 17.1. The Balaban J connectivity index is 1.55. The van der Waals surface area contributed by atoms with Crippen LogP contribution in [0.3, 0.4) is 0 Å². The Labute approximate surface area is 202 Å². The highest BCUT2D eigenvalue weighted by atomic mass is 16.5. The highest BCUT2D eigenvalue weighted by Crippen LogP contribution is 2.47. The van der Waals surface area contributed by atoms with E-state index in [1.165, 1.54) is 0 Å². The van der Waals surface area contributed by atoms with Gasteiger partial charge in [-0.15, -0.1) is 0 Å². The maximum atomic E-state index is 13.9. The van der Waals surface area contributed by atoms with Crippen molar-refractivity contribution in [3.8, 4) is 22.8 Å². The number of methoxy groups -OCH3 is 2. The van der Waals surface area contributed by atoms with Gasteiger partial charge in [0.2, 0.25) is 0 Å². The topological polar surface area (TPSA) is 56.8 Å². The predicted octanol–water partition coefficient (Wildman–Crippen LogP) is 6.21. The van der Waals surface area contributed by atoms with Crippen molar-refractivity contribution in [3.05, 3.63) is 102 Å². The number of carbonyl (C=O) groups excluding carboxylic acids is 1. The number of rotatable bonds is 5. The van der Waals surface area contributed by atoms with Crippen molar-refractivity contribution in [1.29, 1.82) is 0 Å². The van der Waals surface area contributed by atoms with Crippen molar-refractivity contribution in [3.63, 3.8) is 0 Å². The van der Waals surface area contributed by atoms with E-state index in [1.807, 2.05) is 90.5 Å². The van der Waals surface area contributed by atoms with E-state index >= 15 is 0 Å². The molecule has 3 aromatic carbocycles. The van der Waals surface area contributed by atoms with Gasteiger partial charge in [-0.2, -0.15) is 0 Å². The molecule has 174 valence electrons. The van der Waals surface area contributed by atoms with Gasteiger partial charge in [0.1, 0.15) is 34.8 Å². The standard InChI is InChI=1S/C29H24N2O4/c1-30-22-10-6-4-8-20(22)26-27(25-17-16-24(35-25)21-9-5-7-11-23(21)34-3)31(29(32)28(26)30)18-12-14-19(33-2)15-13-18/h4-17,27H,1-3H3/t27-/m0/s1. The number of fused-ring (bicyclic) bond motifs is 3. The zero-order valence-electron chi connectivity index (χ0n) is 19.7. The van der Waals surface area contributed by atoms with Crippen LogP contribution >= 0.6 is 0 Å². The summed E-state index contributed by atoms with van der Waals surface area (Å²) in [7, 11) is 5.21. The van der Waals surface area contributed by atoms with Crippen LogP contribution in [0.25, 0.3) is 22.2 Å². The van der Waals surface area contributed by atoms with Crippen LogP contribution < -0.4 is 14.4 Å². The first-order valence-electron chi connectivity index (χ1n) is 11.4. The van der Waals surface area contributed by atoms with E-state index in [4.69, 9.17) is 13.9 Å². The monoisotopic (exact) mass is 464 g/mol. The van der Waals surface area contributed by atoms with Crippen molar-refractivity contribution < 1.29 is 18.7 Å². The van der Waals surface area contributed by atoms with E-state index in [2.05, 4.69) is 6.07 Å². The number of aromatic nitrogens is 1. The number of amides is 1. The number of aryl methyl sites for hydroxylation is 1. The van der Waals surface area contributed by atoms with E-state index < -0.39 is 6.04 Å². The molecule has 0 N–H and O–H groups in total. The molecule has 0 fully saturated rings. The summed E-state index contributed by atoms with van der Waals surface area (Å²) in [6.07, 6.45) is 0.